The van der Waals surface area contributed by atoms with Crippen LogP contribution in [0.1, 0.15) is 20.3 Å². The molecule has 0 bridgehead atoms. The van der Waals surface area contributed by atoms with Gasteiger partial charge in [0, 0.05) is 11.2 Å². The highest BCUT2D eigenvalue weighted by Crippen LogP contribution is 2.88. The number of nitriles is 2. The zero-order valence-electron chi connectivity index (χ0n) is 10.4. The second-order valence-electron chi connectivity index (χ2n) is 5.19. The highest BCUT2D eigenvalue weighted by molar-refractivity contribution is 8.00. The van der Waals surface area contributed by atoms with E-state index in [9.17, 15) is 10.5 Å². The largest absolute Gasteiger partial charge is 0.386 e. The summed E-state index contributed by atoms with van der Waals surface area (Å²) in [5, 5.41) is 18.4. The highest BCUT2D eigenvalue weighted by Gasteiger charge is 2.98. The van der Waals surface area contributed by atoms with E-state index in [1.807, 2.05) is 13.8 Å². The molecule has 0 aromatic rings. The van der Waals surface area contributed by atoms with Crippen LogP contribution < -0.4 is 5.73 Å². The normalized spacial score (nSPS) is 52.6. The summed E-state index contributed by atoms with van der Waals surface area (Å²) in [6.07, 6.45) is 0.704. The third-order valence-corrected chi connectivity index (χ3v) is 6.28. The molecule has 1 aliphatic carbocycles. The van der Waals surface area contributed by atoms with Gasteiger partial charge in [-0.1, -0.05) is 25.6 Å². The van der Waals surface area contributed by atoms with Crippen LogP contribution in [0.2, 0.25) is 0 Å². The zero-order valence-corrected chi connectivity index (χ0v) is 11.2. The fourth-order valence-corrected chi connectivity index (χ4v) is 5.34. The quantitative estimate of drug-likeness (QED) is 0.766. The van der Waals surface area contributed by atoms with E-state index < -0.39 is 21.3 Å². The molecule has 0 aromatic carbocycles. The fourth-order valence-electron chi connectivity index (χ4n) is 3.93. The van der Waals surface area contributed by atoms with Crippen LogP contribution in [-0.2, 0) is 4.74 Å². The van der Waals surface area contributed by atoms with Gasteiger partial charge in [-0.15, -0.1) is 0 Å². The van der Waals surface area contributed by atoms with Crippen LogP contribution in [0.3, 0.4) is 0 Å². The molecule has 2 fully saturated rings. The van der Waals surface area contributed by atoms with Gasteiger partial charge in [0.2, 0.25) is 5.06 Å². The van der Waals surface area contributed by atoms with Crippen molar-refractivity contribution < 1.29 is 4.74 Å². The molecule has 4 atom stereocenters. The Hall–Kier alpha value is -1.24. The molecule has 3 rings (SSSR count). The van der Waals surface area contributed by atoms with E-state index in [0.717, 1.165) is 5.75 Å². The molecule has 2 aliphatic heterocycles. The first kappa shape index (κ1) is 11.8. The molecule has 5 nitrogen and oxygen atoms in total. The first-order valence-corrected chi connectivity index (χ1v) is 6.96. The predicted octanol–water partition coefficient (Wildman–Crippen LogP) is 1.22. The van der Waals surface area contributed by atoms with Crippen LogP contribution in [-0.4, -0.2) is 23.3 Å². The van der Waals surface area contributed by atoms with Crippen molar-refractivity contribution in [3.8, 4) is 12.1 Å². The number of hydrogen-bond donors (Lipinski definition) is 1. The van der Waals surface area contributed by atoms with Gasteiger partial charge in [-0.2, -0.15) is 10.5 Å². The number of nitrogens with zero attached hydrogens (tertiary/aromatic N) is 3. The number of amidine groups is 1. The van der Waals surface area contributed by atoms with Gasteiger partial charge in [0.1, 0.15) is 11.3 Å². The SMILES string of the molecule is CC[C@@]1(C)[C@]2(C#N)C(N)=N[C@@]3(OCCS3)[C@]12C#N. The van der Waals surface area contributed by atoms with Crippen molar-refractivity contribution in [3.05, 3.63) is 0 Å². The molecule has 0 radical (unpaired) electrons. The number of thioether (sulfide) groups is 1. The average Bonchev–Trinajstić information content (AvgIpc) is 2.69. The van der Waals surface area contributed by atoms with E-state index >= 15 is 0 Å². The maximum Gasteiger partial charge on any atom is 0.230 e. The summed E-state index contributed by atoms with van der Waals surface area (Å²) in [6.45, 7) is 4.48. The standard InChI is InChI=1S/C12H14N4OS/c1-3-9(2)10(6-13)8(15)16-12(11(9,10)7-14)17-4-5-18-12/h3-5H2,1-2H3,(H2,15,16)/t9-,10-,11+,12+/m0/s1. The summed E-state index contributed by atoms with van der Waals surface area (Å²) in [7, 11) is 0. The maximum atomic E-state index is 9.75. The number of aliphatic imine (C=N–C) groups is 1. The van der Waals surface area contributed by atoms with E-state index in [4.69, 9.17) is 10.5 Å². The molecule has 94 valence electrons. The van der Waals surface area contributed by atoms with Crippen molar-refractivity contribution in [2.45, 2.75) is 25.3 Å². The molecule has 6 heteroatoms. The number of nitrogens with two attached hydrogens (primary N) is 1. The highest BCUT2D eigenvalue weighted by atomic mass is 32.2. The fraction of sp³-hybridized carbons (Fsp3) is 0.750. The lowest BCUT2D eigenvalue weighted by Crippen LogP contribution is -2.36. The Morgan fingerprint density at radius 3 is 2.61 bits per heavy atom. The van der Waals surface area contributed by atoms with Crippen molar-refractivity contribution in [2.75, 3.05) is 12.4 Å². The van der Waals surface area contributed by atoms with E-state index in [2.05, 4.69) is 17.1 Å². The van der Waals surface area contributed by atoms with Gasteiger partial charge in [-0.3, -0.25) is 0 Å². The maximum absolute atomic E-state index is 9.75. The number of fused-ring (bicyclic) bond motifs is 2. The van der Waals surface area contributed by atoms with Gasteiger partial charge < -0.3 is 10.5 Å². The van der Waals surface area contributed by atoms with E-state index in [1.165, 1.54) is 11.8 Å². The first-order chi connectivity index (χ1) is 8.52. The average molecular weight is 262 g/mol. The van der Waals surface area contributed by atoms with Gasteiger partial charge in [0.05, 0.1) is 18.7 Å². The minimum atomic E-state index is -0.985. The zero-order chi connectivity index (χ0) is 13.2. The Labute approximate surface area is 110 Å². The summed E-state index contributed by atoms with van der Waals surface area (Å²) in [4.78, 5) is 4.37. The van der Waals surface area contributed by atoms with Crippen molar-refractivity contribution in [3.63, 3.8) is 0 Å². The summed E-state index contributed by atoms with van der Waals surface area (Å²) in [6, 6.07) is 4.62. The van der Waals surface area contributed by atoms with Crippen molar-refractivity contribution in [1.82, 2.24) is 0 Å². The lowest BCUT2D eigenvalue weighted by atomic mass is 9.90. The predicted molar refractivity (Wildman–Crippen MR) is 67.3 cm³/mol. The van der Waals surface area contributed by atoms with Crippen LogP contribution in [0, 0.1) is 38.9 Å². The van der Waals surface area contributed by atoms with Crippen LogP contribution in [0.15, 0.2) is 4.99 Å². The molecular weight excluding hydrogens is 248 g/mol. The molecule has 0 amide bonds. The molecular formula is C12H14N4OS. The van der Waals surface area contributed by atoms with E-state index in [0.29, 0.717) is 13.0 Å². The van der Waals surface area contributed by atoms with Crippen LogP contribution in [0.25, 0.3) is 0 Å². The first-order valence-electron chi connectivity index (χ1n) is 5.98. The summed E-state index contributed by atoms with van der Waals surface area (Å²) >= 11 is 1.50. The molecule has 0 unspecified atom stereocenters. The molecule has 1 saturated heterocycles. The van der Waals surface area contributed by atoms with Gasteiger partial charge in [0.15, 0.2) is 5.41 Å². The number of rotatable bonds is 1. The second-order valence-corrected chi connectivity index (χ2v) is 6.44. The van der Waals surface area contributed by atoms with Gasteiger partial charge in [-0.25, -0.2) is 4.99 Å². The topological polar surface area (TPSA) is 95.2 Å². The third kappa shape index (κ3) is 0.733. The molecule has 1 spiro atoms. The third-order valence-electron chi connectivity index (χ3n) is 5.00. The molecule has 2 heterocycles. The molecule has 18 heavy (non-hydrogen) atoms. The summed E-state index contributed by atoms with van der Waals surface area (Å²) in [5.74, 6) is 1.05. The Morgan fingerprint density at radius 1 is 1.50 bits per heavy atom. The second kappa shape index (κ2) is 3.01. The van der Waals surface area contributed by atoms with Crippen molar-refractivity contribution >= 4 is 17.6 Å². The van der Waals surface area contributed by atoms with Crippen molar-refractivity contribution in [2.24, 2.45) is 27.0 Å². The molecule has 2 N–H and O–H groups in total. The molecule has 0 aromatic heterocycles. The van der Waals surface area contributed by atoms with E-state index in [1.54, 1.807) is 0 Å². The summed E-state index contributed by atoms with van der Waals surface area (Å²) < 4.78 is 5.77. The lowest BCUT2D eigenvalue weighted by Gasteiger charge is -2.29. The monoisotopic (exact) mass is 262 g/mol. The van der Waals surface area contributed by atoms with Gasteiger partial charge in [0.25, 0.3) is 0 Å². The van der Waals surface area contributed by atoms with E-state index in [-0.39, 0.29) is 5.84 Å². The smallest absolute Gasteiger partial charge is 0.230 e. The summed E-state index contributed by atoms with van der Waals surface area (Å²) in [5.41, 5.74) is 3.61. The Kier molecular flexibility index (Phi) is 1.98. The Morgan fingerprint density at radius 2 is 2.22 bits per heavy atom. The number of hydrogen-bond acceptors (Lipinski definition) is 6. The van der Waals surface area contributed by atoms with Crippen LogP contribution in [0.5, 0.6) is 0 Å². The van der Waals surface area contributed by atoms with Gasteiger partial charge >= 0.3 is 0 Å². The molecule has 1 saturated carbocycles. The minimum absolute atomic E-state index is 0.269. The van der Waals surface area contributed by atoms with Crippen molar-refractivity contribution in [1.29, 1.82) is 10.5 Å². The minimum Gasteiger partial charge on any atom is -0.386 e. The molecule has 3 aliphatic rings. The Balaban J connectivity index is 2.28. The lowest BCUT2D eigenvalue weighted by molar-refractivity contribution is 0.00874. The van der Waals surface area contributed by atoms with Crippen LogP contribution >= 0.6 is 11.8 Å². The van der Waals surface area contributed by atoms with Gasteiger partial charge in [-0.05, 0) is 6.42 Å². The van der Waals surface area contributed by atoms with Crippen LogP contribution in [0.4, 0.5) is 0 Å². The Bertz CT molecular complexity index is 541. The number of ether oxygens (including phenoxy) is 1.